The molecule has 0 aromatic heterocycles. The molecule has 0 aliphatic carbocycles. The number of benzene rings is 2. The van der Waals surface area contributed by atoms with Crippen molar-refractivity contribution in [3.63, 3.8) is 0 Å². The van der Waals surface area contributed by atoms with E-state index in [1.807, 2.05) is 0 Å². The van der Waals surface area contributed by atoms with Gasteiger partial charge in [-0.1, -0.05) is 6.07 Å². The van der Waals surface area contributed by atoms with Gasteiger partial charge in [-0.25, -0.2) is 0 Å². The Labute approximate surface area is 127 Å². The van der Waals surface area contributed by atoms with Gasteiger partial charge in [-0.3, -0.25) is 4.79 Å². The molecule has 8 N–H and O–H groups in total. The van der Waals surface area contributed by atoms with Gasteiger partial charge >= 0.3 is 0 Å². The number of carbonyl (C=O) groups is 1. The zero-order valence-electron chi connectivity index (χ0n) is 11.7. The summed E-state index contributed by atoms with van der Waals surface area (Å²) in [5.41, 5.74) is 11.1. The van der Waals surface area contributed by atoms with Crippen LogP contribution in [0.3, 0.4) is 0 Å². The first-order chi connectivity index (χ1) is 10.3. The van der Waals surface area contributed by atoms with E-state index >= 15 is 0 Å². The first-order valence-corrected chi connectivity index (χ1v) is 6.38. The zero-order valence-corrected chi connectivity index (χ0v) is 11.7. The molecule has 0 aliphatic rings. The molecule has 0 saturated heterocycles. The maximum absolute atomic E-state index is 10.5. The van der Waals surface area contributed by atoms with Crippen LogP contribution >= 0.6 is 0 Å². The van der Waals surface area contributed by atoms with Crippen LogP contribution in [-0.4, -0.2) is 32.9 Å². The minimum Gasteiger partial charge on any atom is -0.508 e. The number of phenolic OH excluding ortho intramolecular Hbond substituents is 3. The molecule has 0 heterocycles. The second kappa shape index (κ2) is 7.75. The van der Waals surface area contributed by atoms with Crippen molar-refractivity contribution in [3.8, 4) is 23.0 Å². The predicted octanol–water partition coefficient (Wildman–Crippen LogP) is 0.796. The van der Waals surface area contributed by atoms with Gasteiger partial charge in [-0.15, -0.1) is 0 Å². The number of carbonyl (C=O) groups excluding carboxylic acids is 1. The molecule has 1 amide bonds. The molecule has 0 fully saturated rings. The van der Waals surface area contributed by atoms with Crippen molar-refractivity contribution >= 4 is 5.91 Å². The van der Waals surface area contributed by atoms with Gasteiger partial charge in [-0.05, 0) is 42.8 Å². The maximum atomic E-state index is 10.5. The van der Waals surface area contributed by atoms with Crippen molar-refractivity contribution in [1.82, 2.24) is 0 Å². The van der Waals surface area contributed by atoms with Crippen LogP contribution in [0.25, 0.3) is 0 Å². The van der Waals surface area contributed by atoms with Crippen LogP contribution in [0.15, 0.2) is 36.4 Å². The average Bonchev–Trinajstić information content (AvgIpc) is 2.43. The summed E-state index contributed by atoms with van der Waals surface area (Å²) < 4.78 is 0. The second-order valence-corrected chi connectivity index (χ2v) is 4.43. The third-order valence-electron chi connectivity index (χ3n) is 2.72. The molecule has 118 valence electrons. The van der Waals surface area contributed by atoms with Gasteiger partial charge in [0, 0.05) is 6.07 Å². The van der Waals surface area contributed by atoms with E-state index < -0.39 is 5.91 Å². The van der Waals surface area contributed by atoms with Gasteiger partial charge in [0.15, 0.2) is 11.5 Å². The number of primary amides is 1. The standard InChI is InChI=1S/C8H11NO2.C7H7NO3/c9-4-3-6-1-2-7(10)8(11)5-6;8-7(11)5-2-1-4(9)3-6(5)10/h1-2,5,10-11H,3-4,9H2;1-3,9-10H,(H2,8,11). The van der Waals surface area contributed by atoms with Crippen LogP contribution in [0.1, 0.15) is 15.9 Å². The first kappa shape index (κ1) is 17.1. The van der Waals surface area contributed by atoms with E-state index in [9.17, 15) is 4.79 Å². The lowest BCUT2D eigenvalue weighted by atomic mass is 10.1. The Morgan fingerprint density at radius 1 is 0.909 bits per heavy atom. The highest BCUT2D eigenvalue weighted by atomic mass is 16.3. The molecule has 0 saturated carbocycles. The summed E-state index contributed by atoms with van der Waals surface area (Å²) in [5.74, 6) is -1.31. The Hall–Kier alpha value is -2.93. The third-order valence-corrected chi connectivity index (χ3v) is 2.72. The van der Waals surface area contributed by atoms with Gasteiger partial charge in [-0.2, -0.15) is 0 Å². The van der Waals surface area contributed by atoms with E-state index in [1.54, 1.807) is 6.07 Å². The minimum atomic E-state index is -0.720. The molecule has 0 unspecified atom stereocenters. The van der Waals surface area contributed by atoms with Crippen molar-refractivity contribution in [2.45, 2.75) is 6.42 Å². The summed E-state index contributed by atoms with van der Waals surface area (Å²) in [7, 11) is 0. The number of phenols is 4. The van der Waals surface area contributed by atoms with E-state index in [-0.39, 0.29) is 28.6 Å². The maximum Gasteiger partial charge on any atom is 0.252 e. The van der Waals surface area contributed by atoms with Crippen molar-refractivity contribution in [2.75, 3.05) is 6.54 Å². The smallest absolute Gasteiger partial charge is 0.252 e. The fourth-order valence-electron chi connectivity index (χ4n) is 1.62. The Morgan fingerprint density at radius 3 is 2.09 bits per heavy atom. The van der Waals surface area contributed by atoms with E-state index in [1.165, 1.54) is 24.3 Å². The molecular formula is C15H18N2O5. The fourth-order valence-corrected chi connectivity index (χ4v) is 1.62. The van der Waals surface area contributed by atoms with Gasteiger partial charge in [0.05, 0.1) is 5.56 Å². The lowest BCUT2D eigenvalue weighted by Gasteiger charge is -2.00. The lowest BCUT2D eigenvalue weighted by Crippen LogP contribution is -2.10. The van der Waals surface area contributed by atoms with Crippen molar-refractivity contribution in [3.05, 3.63) is 47.5 Å². The lowest BCUT2D eigenvalue weighted by molar-refractivity contribution is 0.0997. The van der Waals surface area contributed by atoms with Crippen LogP contribution in [-0.2, 0) is 6.42 Å². The molecule has 7 nitrogen and oxygen atoms in total. The Bertz CT molecular complexity index is 658. The van der Waals surface area contributed by atoms with Crippen molar-refractivity contribution in [1.29, 1.82) is 0 Å². The van der Waals surface area contributed by atoms with Crippen molar-refractivity contribution in [2.24, 2.45) is 11.5 Å². The van der Waals surface area contributed by atoms with E-state index in [0.29, 0.717) is 13.0 Å². The molecule has 0 radical (unpaired) electrons. The highest BCUT2D eigenvalue weighted by molar-refractivity contribution is 5.95. The summed E-state index contributed by atoms with van der Waals surface area (Å²) in [5, 5.41) is 35.8. The summed E-state index contributed by atoms with van der Waals surface area (Å²) in [4.78, 5) is 10.5. The van der Waals surface area contributed by atoms with Gasteiger partial charge < -0.3 is 31.9 Å². The molecule has 2 aromatic rings. The number of amides is 1. The third kappa shape index (κ3) is 4.88. The minimum absolute atomic E-state index is 0.00259. The molecule has 0 spiro atoms. The SMILES string of the molecule is NC(=O)c1ccc(O)cc1O.NCCc1ccc(O)c(O)c1. The van der Waals surface area contributed by atoms with Crippen LogP contribution in [0.2, 0.25) is 0 Å². The van der Waals surface area contributed by atoms with Crippen molar-refractivity contribution < 1.29 is 25.2 Å². The van der Waals surface area contributed by atoms with Crippen LogP contribution in [0.5, 0.6) is 23.0 Å². The molecule has 22 heavy (non-hydrogen) atoms. The summed E-state index contributed by atoms with van der Waals surface area (Å²) >= 11 is 0. The topological polar surface area (TPSA) is 150 Å². The molecule has 0 aliphatic heterocycles. The summed E-state index contributed by atoms with van der Waals surface area (Å²) in [6, 6.07) is 8.30. The highest BCUT2D eigenvalue weighted by Gasteiger charge is 2.06. The number of rotatable bonds is 3. The normalized spacial score (nSPS) is 9.68. The molecular weight excluding hydrogens is 288 g/mol. The zero-order chi connectivity index (χ0) is 16.7. The van der Waals surface area contributed by atoms with Gasteiger partial charge in [0.25, 0.3) is 5.91 Å². The molecule has 0 atom stereocenters. The molecule has 7 heteroatoms. The second-order valence-electron chi connectivity index (χ2n) is 4.43. The number of nitrogens with two attached hydrogens (primary N) is 2. The first-order valence-electron chi connectivity index (χ1n) is 6.38. The Kier molecular flexibility index (Phi) is 6.03. The van der Waals surface area contributed by atoms with E-state index in [4.69, 9.17) is 31.9 Å². The van der Waals surface area contributed by atoms with Gasteiger partial charge in [0.1, 0.15) is 11.5 Å². The Balaban J connectivity index is 0.000000220. The van der Waals surface area contributed by atoms with E-state index in [2.05, 4.69) is 0 Å². The number of hydrogen-bond acceptors (Lipinski definition) is 6. The monoisotopic (exact) mass is 306 g/mol. The average molecular weight is 306 g/mol. The van der Waals surface area contributed by atoms with Crippen LogP contribution in [0.4, 0.5) is 0 Å². The highest BCUT2D eigenvalue weighted by Crippen LogP contribution is 2.24. The Morgan fingerprint density at radius 2 is 1.59 bits per heavy atom. The predicted molar refractivity (Wildman–Crippen MR) is 80.8 cm³/mol. The quantitative estimate of drug-likeness (QED) is 0.462. The molecule has 2 aromatic carbocycles. The molecule has 2 rings (SSSR count). The largest absolute Gasteiger partial charge is 0.508 e. The van der Waals surface area contributed by atoms with Crippen LogP contribution in [0, 0.1) is 0 Å². The van der Waals surface area contributed by atoms with Gasteiger partial charge in [0.2, 0.25) is 0 Å². The van der Waals surface area contributed by atoms with E-state index in [0.717, 1.165) is 11.6 Å². The summed E-state index contributed by atoms with van der Waals surface area (Å²) in [6.07, 6.45) is 0.716. The fraction of sp³-hybridized carbons (Fsp3) is 0.133. The number of hydrogen-bond donors (Lipinski definition) is 6. The summed E-state index contributed by atoms with van der Waals surface area (Å²) in [6.45, 7) is 0.546. The van der Waals surface area contributed by atoms with Crippen LogP contribution < -0.4 is 11.5 Å². The number of aromatic hydroxyl groups is 4. The molecule has 0 bridgehead atoms.